The molecule has 172 valence electrons. The fourth-order valence-electron chi connectivity index (χ4n) is 3.64. The Morgan fingerprint density at radius 1 is 1.09 bits per heavy atom. The second kappa shape index (κ2) is 8.42. The van der Waals surface area contributed by atoms with Gasteiger partial charge in [-0.3, -0.25) is 4.79 Å². The Bertz CT molecular complexity index is 1190. The first-order valence-electron chi connectivity index (χ1n) is 10.2. The van der Waals surface area contributed by atoms with Crippen molar-refractivity contribution in [2.45, 2.75) is 38.7 Å². The maximum Gasteiger partial charge on any atom is 0.419 e. The lowest BCUT2D eigenvalue weighted by atomic mass is 10.0. The number of benzene rings is 3. The number of ether oxygens (including phenoxy) is 2. The summed E-state index contributed by atoms with van der Waals surface area (Å²) in [5, 5.41) is 2.36. The summed E-state index contributed by atoms with van der Waals surface area (Å²) >= 11 is 0. The Labute approximate surface area is 188 Å². The van der Waals surface area contributed by atoms with Crippen LogP contribution >= 0.6 is 0 Å². The highest BCUT2D eigenvalue weighted by atomic mass is 19.4. The molecule has 0 saturated heterocycles. The van der Waals surface area contributed by atoms with E-state index in [2.05, 4.69) is 5.32 Å². The standard InChI is InChI=1S/C25H21F4NO3/c1-24(2)13-17-4-3-5-21(22(17)33-24)32-14-15-6-8-16(9-7-15)23(31)30-18-10-11-20(26)19(12-18)25(27,28)29/h3-12H,13-14H2,1-2H3,(H,30,31). The van der Waals surface area contributed by atoms with Gasteiger partial charge in [-0.1, -0.05) is 24.3 Å². The van der Waals surface area contributed by atoms with Crippen molar-refractivity contribution >= 4 is 11.6 Å². The zero-order valence-corrected chi connectivity index (χ0v) is 17.9. The van der Waals surface area contributed by atoms with Crippen LogP contribution < -0.4 is 14.8 Å². The molecule has 4 nitrogen and oxygen atoms in total. The van der Waals surface area contributed by atoms with E-state index in [9.17, 15) is 22.4 Å². The Morgan fingerprint density at radius 3 is 2.52 bits per heavy atom. The summed E-state index contributed by atoms with van der Waals surface area (Å²) in [5.41, 5.74) is 0.237. The highest BCUT2D eigenvalue weighted by Gasteiger charge is 2.34. The van der Waals surface area contributed by atoms with Crippen LogP contribution in [0.4, 0.5) is 23.2 Å². The molecule has 3 aromatic carbocycles. The highest BCUT2D eigenvalue weighted by Crippen LogP contribution is 2.42. The third kappa shape index (κ3) is 5.10. The van der Waals surface area contributed by atoms with Gasteiger partial charge >= 0.3 is 6.18 Å². The van der Waals surface area contributed by atoms with Crippen LogP contribution in [0.5, 0.6) is 11.5 Å². The number of carbonyl (C=O) groups excluding carboxylic acids is 1. The Kier molecular flexibility index (Phi) is 5.78. The third-order valence-electron chi connectivity index (χ3n) is 5.20. The van der Waals surface area contributed by atoms with Crippen molar-refractivity contribution in [2.24, 2.45) is 0 Å². The number of fused-ring (bicyclic) bond motifs is 1. The molecule has 0 fully saturated rings. The second-order valence-electron chi connectivity index (χ2n) is 8.42. The van der Waals surface area contributed by atoms with E-state index < -0.39 is 23.5 Å². The molecule has 1 N–H and O–H groups in total. The van der Waals surface area contributed by atoms with Crippen LogP contribution in [0.1, 0.15) is 40.9 Å². The van der Waals surface area contributed by atoms with Crippen LogP contribution in [0, 0.1) is 5.82 Å². The number of anilines is 1. The maximum atomic E-state index is 13.4. The number of carbonyl (C=O) groups is 1. The fourth-order valence-corrected chi connectivity index (χ4v) is 3.64. The zero-order valence-electron chi connectivity index (χ0n) is 17.9. The molecule has 3 aromatic rings. The quantitative estimate of drug-likeness (QED) is 0.450. The van der Waals surface area contributed by atoms with Crippen LogP contribution in [0.25, 0.3) is 0 Å². The van der Waals surface area contributed by atoms with Gasteiger partial charge in [0.25, 0.3) is 5.91 Å². The van der Waals surface area contributed by atoms with Gasteiger partial charge < -0.3 is 14.8 Å². The van der Waals surface area contributed by atoms with Gasteiger partial charge in [0.2, 0.25) is 0 Å². The molecule has 0 unspecified atom stereocenters. The van der Waals surface area contributed by atoms with E-state index in [-0.39, 0.29) is 23.5 Å². The van der Waals surface area contributed by atoms with Crippen LogP contribution in [0.15, 0.2) is 60.7 Å². The molecule has 1 aliphatic heterocycles. The van der Waals surface area contributed by atoms with Crippen molar-refractivity contribution in [1.29, 1.82) is 0 Å². The van der Waals surface area contributed by atoms with Gasteiger partial charge in [0.15, 0.2) is 11.5 Å². The van der Waals surface area contributed by atoms with E-state index >= 15 is 0 Å². The molecule has 1 heterocycles. The predicted molar refractivity (Wildman–Crippen MR) is 115 cm³/mol. The van der Waals surface area contributed by atoms with Gasteiger partial charge in [-0.05, 0) is 55.8 Å². The number of alkyl halides is 3. The summed E-state index contributed by atoms with van der Waals surface area (Å²) in [6.45, 7) is 4.27. The van der Waals surface area contributed by atoms with Crippen molar-refractivity contribution < 1.29 is 31.8 Å². The molecular formula is C25H21F4NO3. The smallest absolute Gasteiger partial charge is 0.419 e. The van der Waals surface area contributed by atoms with Crippen molar-refractivity contribution in [3.63, 3.8) is 0 Å². The number of hydrogen-bond donors (Lipinski definition) is 1. The van der Waals surface area contributed by atoms with Crippen molar-refractivity contribution in [3.8, 4) is 11.5 Å². The highest BCUT2D eigenvalue weighted by molar-refractivity contribution is 6.04. The summed E-state index contributed by atoms with van der Waals surface area (Å²) < 4.78 is 63.9. The van der Waals surface area contributed by atoms with Crippen molar-refractivity contribution in [1.82, 2.24) is 0 Å². The number of para-hydroxylation sites is 1. The third-order valence-corrected chi connectivity index (χ3v) is 5.20. The van der Waals surface area contributed by atoms with E-state index in [4.69, 9.17) is 9.47 Å². The van der Waals surface area contributed by atoms with E-state index in [0.717, 1.165) is 29.4 Å². The molecule has 0 atom stereocenters. The van der Waals surface area contributed by atoms with Gasteiger partial charge in [-0.25, -0.2) is 4.39 Å². The summed E-state index contributed by atoms with van der Waals surface area (Å²) in [5.74, 6) is -0.644. The van der Waals surface area contributed by atoms with Gasteiger partial charge in [0, 0.05) is 23.2 Å². The molecular weight excluding hydrogens is 438 g/mol. The predicted octanol–water partition coefficient (Wildman–Crippen LogP) is 6.39. The molecule has 0 saturated carbocycles. The monoisotopic (exact) mass is 459 g/mol. The first-order chi connectivity index (χ1) is 15.5. The molecule has 0 aromatic heterocycles. The van der Waals surface area contributed by atoms with Crippen LogP contribution in [-0.2, 0) is 19.2 Å². The van der Waals surface area contributed by atoms with E-state index in [1.165, 1.54) is 12.1 Å². The average molecular weight is 459 g/mol. The molecule has 33 heavy (non-hydrogen) atoms. The second-order valence-corrected chi connectivity index (χ2v) is 8.42. The van der Waals surface area contributed by atoms with Crippen molar-refractivity contribution in [3.05, 3.63) is 88.7 Å². The van der Waals surface area contributed by atoms with Crippen LogP contribution in [-0.4, -0.2) is 11.5 Å². The van der Waals surface area contributed by atoms with Gasteiger partial charge in [0.1, 0.15) is 18.0 Å². The SMILES string of the molecule is CC1(C)Cc2cccc(OCc3ccc(C(=O)Nc4ccc(F)c(C(F)(F)F)c4)cc3)c2O1. The van der Waals surface area contributed by atoms with E-state index in [1.807, 2.05) is 32.0 Å². The van der Waals surface area contributed by atoms with E-state index in [0.29, 0.717) is 17.9 Å². The number of amides is 1. The van der Waals surface area contributed by atoms with E-state index in [1.54, 1.807) is 12.1 Å². The average Bonchev–Trinajstić information content (AvgIpc) is 3.07. The summed E-state index contributed by atoms with van der Waals surface area (Å²) in [7, 11) is 0. The lowest BCUT2D eigenvalue weighted by Gasteiger charge is -2.18. The molecule has 1 amide bonds. The molecule has 1 aliphatic rings. The first-order valence-corrected chi connectivity index (χ1v) is 10.2. The minimum absolute atomic E-state index is 0.151. The van der Waals surface area contributed by atoms with Gasteiger partial charge in [-0.2, -0.15) is 13.2 Å². The van der Waals surface area contributed by atoms with Gasteiger partial charge in [-0.15, -0.1) is 0 Å². The largest absolute Gasteiger partial charge is 0.485 e. The lowest BCUT2D eigenvalue weighted by Crippen LogP contribution is -2.24. The Morgan fingerprint density at radius 2 is 1.82 bits per heavy atom. The minimum Gasteiger partial charge on any atom is -0.485 e. The maximum absolute atomic E-state index is 13.4. The summed E-state index contributed by atoms with van der Waals surface area (Å²) in [6, 6.07) is 14.5. The number of nitrogens with one attached hydrogen (secondary N) is 1. The normalized spacial score (nSPS) is 14.4. The zero-order chi connectivity index (χ0) is 23.8. The number of rotatable bonds is 5. The number of halogens is 4. The molecule has 8 heteroatoms. The molecule has 0 spiro atoms. The summed E-state index contributed by atoms with van der Waals surface area (Å²) in [4.78, 5) is 12.4. The summed E-state index contributed by atoms with van der Waals surface area (Å²) in [6.07, 6.45) is -4.06. The van der Waals surface area contributed by atoms with Crippen LogP contribution in [0.2, 0.25) is 0 Å². The van der Waals surface area contributed by atoms with Gasteiger partial charge in [0.05, 0.1) is 5.56 Å². The molecule has 0 bridgehead atoms. The Balaban J connectivity index is 1.41. The fraction of sp³-hybridized carbons (Fsp3) is 0.240. The first kappa shape index (κ1) is 22.6. The lowest BCUT2D eigenvalue weighted by molar-refractivity contribution is -0.139. The topological polar surface area (TPSA) is 47.6 Å². The molecule has 0 aliphatic carbocycles. The minimum atomic E-state index is -4.86. The molecule has 4 rings (SSSR count). The molecule has 0 radical (unpaired) electrons. The number of hydrogen-bond acceptors (Lipinski definition) is 3. The van der Waals surface area contributed by atoms with Crippen LogP contribution in [0.3, 0.4) is 0 Å². The van der Waals surface area contributed by atoms with Crippen molar-refractivity contribution in [2.75, 3.05) is 5.32 Å². The Hall–Kier alpha value is -3.55.